The van der Waals surface area contributed by atoms with Crippen LogP contribution in [0.3, 0.4) is 0 Å². The minimum Gasteiger partial charge on any atom is -0.482 e. The largest absolute Gasteiger partial charge is 0.482 e. The quantitative estimate of drug-likeness (QED) is 0.628. The van der Waals surface area contributed by atoms with E-state index in [0.29, 0.717) is 21.9 Å². The Morgan fingerprint density at radius 2 is 1.87 bits per heavy atom. The third kappa shape index (κ3) is 5.12. The van der Waals surface area contributed by atoms with Crippen molar-refractivity contribution < 1.29 is 19.4 Å². The first-order valence-corrected chi connectivity index (χ1v) is 6.96. The van der Waals surface area contributed by atoms with Crippen LogP contribution in [0.2, 0.25) is 5.02 Å². The van der Waals surface area contributed by atoms with Crippen molar-refractivity contribution in [2.45, 2.75) is 0 Å². The second-order valence-electron chi connectivity index (χ2n) is 4.43. The molecule has 0 bridgehead atoms. The molecule has 0 heterocycles. The molecule has 0 atom stereocenters. The number of halogens is 1. The fourth-order valence-electron chi connectivity index (χ4n) is 1.67. The van der Waals surface area contributed by atoms with Crippen molar-refractivity contribution in [2.24, 2.45) is 5.10 Å². The summed E-state index contributed by atoms with van der Waals surface area (Å²) in [4.78, 5) is 22.3. The number of benzene rings is 2. The number of carboxylic acid groups (broad SMARTS) is 1. The van der Waals surface area contributed by atoms with Crippen molar-refractivity contribution in [1.29, 1.82) is 0 Å². The van der Waals surface area contributed by atoms with Crippen molar-refractivity contribution in [1.82, 2.24) is 5.43 Å². The zero-order chi connectivity index (χ0) is 16.7. The number of aliphatic carboxylic acids is 1. The minimum absolute atomic E-state index is 0.337. The van der Waals surface area contributed by atoms with Crippen LogP contribution < -0.4 is 10.2 Å². The van der Waals surface area contributed by atoms with E-state index < -0.39 is 18.5 Å². The molecule has 0 saturated carbocycles. The standard InChI is InChI=1S/C16H13ClN2O4/c17-14-4-2-1-3-13(14)16(22)19-18-9-11-5-7-12(8-6-11)23-10-15(20)21/h1-9H,10H2,(H,19,22)(H,20,21)/b18-9+. The van der Waals surface area contributed by atoms with Crippen LogP contribution in [0, 0.1) is 0 Å². The Labute approximate surface area is 137 Å². The molecule has 2 rings (SSSR count). The molecule has 0 fully saturated rings. The van der Waals surface area contributed by atoms with E-state index in [-0.39, 0.29) is 0 Å². The normalized spacial score (nSPS) is 10.5. The van der Waals surface area contributed by atoms with Crippen LogP contribution >= 0.6 is 11.6 Å². The molecule has 0 unspecified atom stereocenters. The number of ether oxygens (including phenoxy) is 1. The molecule has 0 radical (unpaired) electrons. The van der Waals surface area contributed by atoms with Crippen molar-refractivity contribution in [3.8, 4) is 5.75 Å². The fourth-order valence-corrected chi connectivity index (χ4v) is 1.89. The topological polar surface area (TPSA) is 88.0 Å². The molecule has 0 spiro atoms. The third-order valence-electron chi connectivity index (χ3n) is 2.74. The van der Waals surface area contributed by atoms with Gasteiger partial charge in [-0.05, 0) is 42.0 Å². The molecule has 6 nitrogen and oxygen atoms in total. The molecule has 2 aromatic rings. The van der Waals surface area contributed by atoms with Crippen LogP contribution in [-0.4, -0.2) is 29.8 Å². The van der Waals surface area contributed by atoms with E-state index in [4.69, 9.17) is 21.4 Å². The summed E-state index contributed by atoms with van der Waals surface area (Å²) in [6.45, 7) is -0.401. The van der Waals surface area contributed by atoms with E-state index in [2.05, 4.69) is 10.5 Å². The van der Waals surface area contributed by atoms with E-state index in [1.54, 1.807) is 48.5 Å². The van der Waals surface area contributed by atoms with Crippen molar-refractivity contribution in [3.63, 3.8) is 0 Å². The highest BCUT2D eigenvalue weighted by Crippen LogP contribution is 2.14. The molecular formula is C16H13ClN2O4. The summed E-state index contributed by atoms with van der Waals surface area (Å²) < 4.78 is 5.01. The van der Waals surface area contributed by atoms with Crippen LogP contribution in [0.25, 0.3) is 0 Å². The van der Waals surface area contributed by atoms with Crippen molar-refractivity contribution in [2.75, 3.05) is 6.61 Å². The first-order valence-electron chi connectivity index (χ1n) is 6.59. The predicted molar refractivity (Wildman–Crippen MR) is 86.1 cm³/mol. The zero-order valence-electron chi connectivity index (χ0n) is 11.9. The molecule has 118 valence electrons. The van der Waals surface area contributed by atoms with E-state index in [9.17, 15) is 9.59 Å². The van der Waals surface area contributed by atoms with Gasteiger partial charge in [0.15, 0.2) is 6.61 Å². The lowest BCUT2D eigenvalue weighted by Crippen LogP contribution is -2.17. The van der Waals surface area contributed by atoms with Gasteiger partial charge in [0.1, 0.15) is 5.75 Å². The summed E-state index contributed by atoms with van der Waals surface area (Å²) in [5, 5.41) is 12.7. The Bertz CT molecular complexity index is 729. The number of hydrogen-bond acceptors (Lipinski definition) is 4. The highest BCUT2D eigenvalue weighted by atomic mass is 35.5. The molecule has 2 N–H and O–H groups in total. The van der Waals surface area contributed by atoms with Gasteiger partial charge in [-0.1, -0.05) is 23.7 Å². The highest BCUT2D eigenvalue weighted by molar-refractivity contribution is 6.33. The van der Waals surface area contributed by atoms with Crippen LogP contribution in [0.5, 0.6) is 5.75 Å². The molecule has 1 amide bonds. The summed E-state index contributed by atoms with van der Waals surface area (Å²) >= 11 is 5.92. The van der Waals surface area contributed by atoms with Crippen LogP contribution in [0.1, 0.15) is 15.9 Å². The Balaban J connectivity index is 1.92. The molecule has 0 aromatic heterocycles. The van der Waals surface area contributed by atoms with E-state index >= 15 is 0 Å². The van der Waals surface area contributed by atoms with Gasteiger partial charge in [0, 0.05) is 0 Å². The fraction of sp³-hybridized carbons (Fsp3) is 0.0625. The Kier molecular flexibility index (Phi) is 5.71. The molecule has 0 aliphatic carbocycles. The summed E-state index contributed by atoms with van der Waals surface area (Å²) in [6, 6.07) is 13.2. The Morgan fingerprint density at radius 3 is 2.52 bits per heavy atom. The van der Waals surface area contributed by atoms with Gasteiger partial charge >= 0.3 is 5.97 Å². The number of carbonyl (C=O) groups excluding carboxylic acids is 1. The van der Waals surface area contributed by atoms with Gasteiger partial charge in [0.05, 0.1) is 16.8 Å². The molecule has 0 aliphatic heterocycles. The molecular weight excluding hydrogens is 320 g/mol. The number of rotatable bonds is 6. The average Bonchev–Trinajstić information content (AvgIpc) is 2.54. The lowest BCUT2D eigenvalue weighted by molar-refractivity contribution is -0.139. The van der Waals surface area contributed by atoms with Gasteiger partial charge in [-0.2, -0.15) is 5.10 Å². The van der Waals surface area contributed by atoms with Crippen molar-refractivity contribution >= 4 is 29.7 Å². The summed E-state index contributed by atoms with van der Waals surface area (Å²) in [6.07, 6.45) is 1.45. The number of amides is 1. The van der Waals surface area contributed by atoms with Crippen LogP contribution in [0.4, 0.5) is 0 Å². The van der Waals surface area contributed by atoms with E-state index in [0.717, 1.165) is 0 Å². The first kappa shape index (κ1) is 16.5. The summed E-state index contributed by atoms with van der Waals surface area (Å²) in [7, 11) is 0. The smallest absolute Gasteiger partial charge is 0.341 e. The van der Waals surface area contributed by atoms with Gasteiger partial charge in [0.25, 0.3) is 5.91 Å². The van der Waals surface area contributed by atoms with Gasteiger partial charge in [-0.15, -0.1) is 0 Å². The van der Waals surface area contributed by atoms with Gasteiger partial charge in [-0.25, -0.2) is 10.2 Å². The zero-order valence-corrected chi connectivity index (χ0v) is 12.7. The molecule has 2 aromatic carbocycles. The molecule has 23 heavy (non-hydrogen) atoms. The molecule has 7 heteroatoms. The number of carboxylic acids is 1. The summed E-state index contributed by atoms with van der Waals surface area (Å²) in [5.74, 6) is -1.02. The van der Waals surface area contributed by atoms with Crippen LogP contribution in [-0.2, 0) is 4.79 Å². The van der Waals surface area contributed by atoms with E-state index in [1.807, 2.05) is 0 Å². The van der Waals surface area contributed by atoms with E-state index in [1.165, 1.54) is 6.21 Å². The maximum atomic E-state index is 11.9. The number of carbonyl (C=O) groups is 2. The second kappa shape index (κ2) is 7.95. The maximum Gasteiger partial charge on any atom is 0.341 e. The Hall–Kier alpha value is -2.86. The van der Waals surface area contributed by atoms with Crippen LogP contribution in [0.15, 0.2) is 53.6 Å². The predicted octanol–water partition coefficient (Wildman–Crippen LogP) is 2.57. The van der Waals surface area contributed by atoms with Crippen molar-refractivity contribution in [3.05, 3.63) is 64.7 Å². The Morgan fingerprint density at radius 1 is 1.17 bits per heavy atom. The van der Waals surface area contributed by atoms with Gasteiger partial charge in [0.2, 0.25) is 0 Å². The number of nitrogens with one attached hydrogen (secondary N) is 1. The molecule has 0 saturated heterocycles. The second-order valence-corrected chi connectivity index (χ2v) is 4.84. The third-order valence-corrected chi connectivity index (χ3v) is 3.07. The first-order chi connectivity index (χ1) is 11.1. The number of nitrogens with zero attached hydrogens (tertiary/aromatic N) is 1. The lowest BCUT2D eigenvalue weighted by Gasteiger charge is -2.03. The summed E-state index contributed by atoms with van der Waals surface area (Å²) in [5.41, 5.74) is 3.43. The van der Waals surface area contributed by atoms with Gasteiger partial charge in [-0.3, -0.25) is 4.79 Å². The SMILES string of the molecule is O=C(O)COc1ccc(/C=N/NC(=O)c2ccccc2Cl)cc1. The lowest BCUT2D eigenvalue weighted by atomic mass is 10.2. The number of hydrazone groups is 1. The monoisotopic (exact) mass is 332 g/mol. The minimum atomic E-state index is -1.04. The molecule has 0 aliphatic rings. The maximum absolute atomic E-state index is 11.9. The highest BCUT2D eigenvalue weighted by Gasteiger charge is 2.07. The average molecular weight is 333 g/mol. The van der Waals surface area contributed by atoms with Gasteiger partial charge < -0.3 is 9.84 Å². The number of hydrogen-bond donors (Lipinski definition) is 2.